The molecule has 0 spiro atoms. The van der Waals surface area contributed by atoms with E-state index in [1.54, 1.807) is 15.5 Å². The highest BCUT2D eigenvalue weighted by Gasteiger charge is 2.21. The lowest BCUT2D eigenvalue weighted by Gasteiger charge is -2.15. The van der Waals surface area contributed by atoms with Gasteiger partial charge in [-0.3, -0.25) is 9.36 Å². The van der Waals surface area contributed by atoms with Gasteiger partial charge < -0.3 is 9.64 Å². The molecule has 1 saturated heterocycles. The quantitative estimate of drug-likeness (QED) is 0.472. The van der Waals surface area contributed by atoms with Crippen molar-refractivity contribution in [3.63, 3.8) is 0 Å². The van der Waals surface area contributed by atoms with Crippen LogP contribution in [0.3, 0.4) is 0 Å². The van der Waals surface area contributed by atoms with E-state index in [4.69, 9.17) is 9.72 Å². The Morgan fingerprint density at radius 2 is 1.89 bits per heavy atom. The summed E-state index contributed by atoms with van der Waals surface area (Å²) in [6.07, 6.45) is 0.665. The Bertz CT molecular complexity index is 1060. The molecule has 0 N–H and O–H groups in total. The maximum absolute atomic E-state index is 13.2. The molecule has 1 aromatic heterocycles. The van der Waals surface area contributed by atoms with E-state index in [-0.39, 0.29) is 11.7 Å². The van der Waals surface area contributed by atoms with Gasteiger partial charge in [0, 0.05) is 12.3 Å². The van der Waals surface area contributed by atoms with Crippen LogP contribution < -0.4 is 5.56 Å². The summed E-state index contributed by atoms with van der Waals surface area (Å²) < 4.78 is 6.63. The molecule has 7 heteroatoms. The SMILES string of the molecule is CCc1ccc(-n2c(SCCN3CCOC3=O)nc3ccccc3c2=O)cc1. The molecule has 0 saturated carbocycles. The number of fused-ring (bicyclic) bond motifs is 1. The number of benzene rings is 2. The maximum atomic E-state index is 13.2. The molecule has 1 aliphatic heterocycles. The minimum Gasteiger partial charge on any atom is -0.448 e. The molecule has 2 heterocycles. The third-order valence-electron chi connectivity index (χ3n) is 4.79. The van der Waals surface area contributed by atoms with Gasteiger partial charge >= 0.3 is 6.09 Å². The fourth-order valence-corrected chi connectivity index (χ4v) is 4.17. The number of hydrogen-bond donors (Lipinski definition) is 0. The Morgan fingerprint density at radius 3 is 2.61 bits per heavy atom. The van der Waals surface area contributed by atoms with Crippen LogP contribution in [-0.2, 0) is 11.2 Å². The van der Waals surface area contributed by atoms with E-state index in [2.05, 4.69) is 6.92 Å². The zero-order valence-electron chi connectivity index (χ0n) is 15.6. The van der Waals surface area contributed by atoms with Crippen molar-refractivity contribution in [2.45, 2.75) is 18.5 Å². The number of para-hydroxylation sites is 1. The second-order valence-electron chi connectivity index (χ2n) is 6.52. The number of carbonyl (C=O) groups excluding carboxylic acids is 1. The predicted molar refractivity (Wildman–Crippen MR) is 110 cm³/mol. The van der Waals surface area contributed by atoms with Gasteiger partial charge in [0.25, 0.3) is 5.56 Å². The second-order valence-corrected chi connectivity index (χ2v) is 7.58. The van der Waals surface area contributed by atoms with Gasteiger partial charge in [0.2, 0.25) is 0 Å². The lowest BCUT2D eigenvalue weighted by atomic mass is 10.1. The molecule has 144 valence electrons. The van der Waals surface area contributed by atoms with Gasteiger partial charge in [-0.1, -0.05) is 43.0 Å². The van der Waals surface area contributed by atoms with Gasteiger partial charge in [-0.15, -0.1) is 0 Å². The number of rotatable bonds is 6. The average Bonchev–Trinajstić information content (AvgIpc) is 3.13. The number of aryl methyl sites for hydroxylation is 1. The molecule has 1 amide bonds. The predicted octanol–water partition coefficient (Wildman–Crippen LogP) is 3.49. The van der Waals surface area contributed by atoms with Crippen LogP contribution >= 0.6 is 11.8 Å². The largest absolute Gasteiger partial charge is 0.448 e. The van der Waals surface area contributed by atoms with Gasteiger partial charge in [-0.25, -0.2) is 9.78 Å². The average molecular weight is 395 g/mol. The Labute approximate surface area is 167 Å². The third kappa shape index (κ3) is 3.62. The standard InChI is InChI=1S/C21H21N3O3S/c1-2-15-7-9-16(10-8-15)24-19(25)17-5-3-4-6-18(17)22-20(24)28-14-12-23-11-13-27-21(23)26/h3-10H,2,11-14H2,1H3. The first-order chi connectivity index (χ1) is 13.7. The monoisotopic (exact) mass is 395 g/mol. The molecule has 0 unspecified atom stereocenters. The first kappa shape index (κ1) is 18.6. The van der Waals surface area contributed by atoms with Crippen molar-refractivity contribution in [3.05, 3.63) is 64.4 Å². The van der Waals surface area contributed by atoms with Gasteiger partial charge in [0.15, 0.2) is 5.16 Å². The minimum absolute atomic E-state index is 0.0852. The highest BCUT2D eigenvalue weighted by molar-refractivity contribution is 7.99. The van der Waals surface area contributed by atoms with E-state index in [1.165, 1.54) is 17.3 Å². The fraction of sp³-hybridized carbons (Fsp3) is 0.286. The Hall–Kier alpha value is -2.80. The highest BCUT2D eigenvalue weighted by atomic mass is 32.2. The topological polar surface area (TPSA) is 64.4 Å². The van der Waals surface area contributed by atoms with Crippen molar-refractivity contribution in [2.24, 2.45) is 0 Å². The van der Waals surface area contributed by atoms with Crippen LogP contribution in [0, 0.1) is 0 Å². The summed E-state index contributed by atoms with van der Waals surface area (Å²) >= 11 is 1.47. The number of thioether (sulfide) groups is 1. The molecule has 3 aromatic rings. The number of carbonyl (C=O) groups is 1. The van der Waals surface area contributed by atoms with Crippen molar-refractivity contribution in [3.8, 4) is 5.69 Å². The lowest BCUT2D eigenvalue weighted by molar-refractivity contribution is 0.160. The first-order valence-corrected chi connectivity index (χ1v) is 10.3. The summed E-state index contributed by atoms with van der Waals surface area (Å²) in [6.45, 7) is 3.70. The van der Waals surface area contributed by atoms with Crippen molar-refractivity contribution in [2.75, 3.05) is 25.4 Å². The van der Waals surface area contributed by atoms with Crippen LogP contribution in [0.25, 0.3) is 16.6 Å². The molecule has 1 aliphatic rings. The molecule has 2 aromatic carbocycles. The van der Waals surface area contributed by atoms with Gasteiger partial charge in [0.05, 0.1) is 23.1 Å². The van der Waals surface area contributed by atoms with Crippen molar-refractivity contribution in [1.29, 1.82) is 0 Å². The fourth-order valence-electron chi connectivity index (χ4n) is 3.19. The summed E-state index contributed by atoms with van der Waals surface area (Å²) in [5, 5.41) is 1.22. The number of cyclic esters (lactones) is 1. The molecule has 28 heavy (non-hydrogen) atoms. The van der Waals surface area contributed by atoms with Crippen molar-refractivity contribution >= 4 is 28.8 Å². The smallest absolute Gasteiger partial charge is 0.409 e. The normalized spacial score (nSPS) is 13.9. The highest BCUT2D eigenvalue weighted by Crippen LogP contribution is 2.22. The van der Waals surface area contributed by atoms with E-state index in [0.717, 1.165) is 12.1 Å². The molecular formula is C21H21N3O3S. The number of nitrogens with zero attached hydrogens (tertiary/aromatic N) is 3. The molecular weight excluding hydrogens is 374 g/mol. The number of hydrogen-bond acceptors (Lipinski definition) is 5. The Morgan fingerprint density at radius 1 is 1.11 bits per heavy atom. The van der Waals surface area contributed by atoms with Crippen LogP contribution in [0.2, 0.25) is 0 Å². The van der Waals surface area contributed by atoms with Crippen LogP contribution in [-0.4, -0.2) is 46.0 Å². The Kier molecular flexibility index (Phi) is 5.34. The summed E-state index contributed by atoms with van der Waals surface area (Å²) in [4.78, 5) is 31.2. The van der Waals surface area contributed by atoms with Crippen LogP contribution in [0.15, 0.2) is 58.5 Å². The molecule has 1 fully saturated rings. The molecule has 0 aliphatic carbocycles. The van der Waals surface area contributed by atoms with E-state index in [0.29, 0.717) is 41.5 Å². The van der Waals surface area contributed by atoms with Gasteiger partial charge in [-0.2, -0.15) is 0 Å². The van der Waals surface area contributed by atoms with Crippen molar-refractivity contribution in [1.82, 2.24) is 14.5 Å². The molecule has 4 rings (SSSR count). The molecule has 0 bridgehead atoms. The van der Waals surface area contributed by atoms with Crippen LogP contribution in [0.1, 0.15) is 12.5 Å². The van der Waals surface area contributed by atoms with E-state index in [9.17, 15) is 9.59 Å². The number of aromatic nitrogens is 2. The van der Waals surface area contributed by atoms with E-state index >= 15 is 0 Å². The van der Waals surface area contributed by atoms with Crippen LogP contribution in [0.4, 0.5) is 4.79 Å². The summed E-state index contributed by atoms with van der Waals surface area (Å²) in [5.74, 6) is 0.632. The Balaban J connectivity index is 1.70. The lowest BCUT2D eigenvalue weighted by Crippen LogP contribution is -2.27. The maximum Gasteiger partial charge on any atom is 0.409 e. The van der Waals surface area contributed by atoms with Gasteiger partial charge in [-0.05, 0) is 36.2 Å². The molecule has 0 radical (unpaired) electrons. The van der Waals surface area contributed by atoms with E-state index in [1.807, 2.05) is 42.5 Å². The summed E-state index contributed by atoms with van der Waals surface area (Å²) in [5.41, 5.74) is 2.60. The molecule has 6 nitrogen and oxygen atoms in total. The summed E-state index contributed by atoms with van der Waals surface area (Å²) in [7, 11) is 0. The number of ether oxygens (including phenoxy) is 1. The van der Waals surface area contributed by atoms with Gasteiger partial charge in [0.1, 0.15) is 6.61 Å². The first-order valence-electron chi connectivity index (χ1n) is 9.33. The summed E-state index contributed by atoms with van der Waals surface area (Å²) in [6, 6.07) is 15.4. The molecule has 0 atom stereocenters. The van der Waals surface area contributed by atoms with Crippen molar-refractivity contribution < 1.29 is 9.53 Å². The zero-order valence-corrected chi connectivity index (χ0v) is 16.4. The minimum atomic E-state index is -0.278. The third-order valence-corrected chi connectivity index (χ3v) is 5.70. The zero-order chi connectivity index (χ0) is 19.5. The van der Waals surface area contributed by atoms with E-state index < -0.39 is 0 Å². The second kappa shape index (κ2) is 8.06. The number of amides is 1. The van der Waals surface area contributed by atoms with Crippen LogP contribution in [0.5, 0.6) is 0 Å².